The highest BCUT2D eigenvalue weighted by atomic mass is 19.4. The zero-order valence-corrected chi connectivity index (χ0v) is 17.7. The van der Waals surface area contributed by atoms with E-state index in [0.29, 0.717) is 25.3 Å². The highest BCUT2D eigenvalue weighted by Gasteiger charge is 2.40. The summed E-state index contributed by atoms with van der Waals surface area (Å²) < 4.78 is 31.7. The van der Waals surface area contributed by atoms with Crippen LogP contribution < -0.4 is 11.1 Å². The lowest BCUT2D eigenvalue weighted by molar-refractivity contribution is -0.192. The number of aromatic amines is 1. The molecule has 2 aromatic rings. The van der Waals surface area contributed by atoms with E-state index in [4.69, 9.17) is 15.6 Å². The van der Waals surface area contributed by atoms with Gasteiger partial charge in [0.2, 0.25) is 0 Å². The van der Waals surface area contributed by atoms with Gasteiger partial charge >= 0.3 is 18.1 Å². The predicted molar refractivity (Wildman–Crippen MR) is 107 cm³/mol. The average molecular weight is 461 g/mol. The molecule has 11 nitrogen and oxygen atoms in total. The van der Waals surface area contributed by atoms with E-state index in [0.717, 1.165) is 11.4 Å². The second kappa shape index (κ2) is 11.4. The van der Waals surface area contributed by atoms with Crippen LogP contribution in [0.5, 0.6) is 0 Å². The van der Waals surface area contributed by atoms with Gasteiger partial charge in [-0.05, 0) is 33.9 Å². The standard InChI is InChI=1S/C16H25N7O2.C2HF3O2/c1-16(2,3)13(15(24)25)11(14-20-22-23-21-14)8-10-4-5-12(19-9-10)18-7-6-17;3-2(4,5)1(6)7/h4-5,9,11,13H,6-8,17H2,1-3H3,(H,18,19)(H,24,25)(H,20,21,22,23);(H,6,7)/t11-,13-;/m0./s1. The van der Waals surface area contributed by atoms with Crippen LogP contribution in [0.1, 0.15) is 38.1 Å². The van der Waals surface area contributed by atoms with Crippen LogP contribution in [0.2, 0.25) is 0 Å². The Bertz CT molecular complexity index is 853. The first-order valence-corrected chi connectivity index (χ1v) is 9.42. The van der Waals surface area contributed by atoms with Crippen LogP contribution in [0.4, 0.5) is 19.0 Å². The Hall–Kier alpha value is -3.29. The molecule has 178 valence electrons. The summed E-state index contributed by atoms with van der Waals surface area (Å²) in [5.41, 5.74) is 5.91. The van der Waals surface area contributed by atoms with E-state index in [-0.39, 0.29) is 0 Å². The Labute approximate surface area is 181 Å². The van der Waals surface area contributed by atoms with Crippen molar-refractivity contribution in [1.29, 1.82) is 0 Å². The maximum atomic E-state index is 11.9. The number of tetrazole rings is 1. The van der Waals surface area contributed by atoms with Crippen LogP contribution in [0.25, 0.3) is 0 Å². The molecule has 2 atom stereocenters. The van der Waals surface area contributed by atoms with Gasteiger partial charge in [0.05, 0.1) is 5.92 Å². The molecule has 0 fully saturated rings. The molecule has 0 aliphatic rings. The zero-order valence-electron chi connectivity index (χ0n) is 17.7. The Morgan fingerprint density at radius 2 is 1.84 bits per heavy atom. The predicted octanol–water partition coefficient (Wildman–Crippen LogP) is 1.67. The molecule has 0 aliphatic heterocycles. The number of hydrogen-bond donors (Lipinski definition) is 5. The lowest BCUT2D eigenvalue weighted by Gasteiger charge is -2.32. The summed E-state index contributed by atoms with van der Waals surface area (Å²) in [5, 5.41) is 33.9. The molecule has 14 heteroatoms. The minimum atomic E-state index is -5.08. The maximum absolute atomic E-state index is 11.9. The SMILES string of the molecule is CC(C)(C)[C@H](C(=O)O)[C@H](Cc1ccc(NCCN)nc1)c1nnn[nH]1.O=C(O)C(F)(F)F. The first-order valence-electron chi connectivity index (χ1n) is 9.42. The summed E-state index contributed by atoms with van der Waals surface area (Å²) >= 11 is 0. The van der Waals surface area contributed by atoms with E-state index >= 15 is 0 Å². The number of aliphatic carboxylic acids is 2. The van der Waals surface area contributed by atoms with E-state index in [1.54, 1.807) is 6.20 Å². The van der Waals surface area contributed by atoms with E-state index < -0.39 is 35.4 Å². The molecule has 0 radical (unpaired) electrons. The van der Waals surface area contributed by atoms with Crippen molar-refractivity contribution in [2.75, 3.05) is 18.4 Å². The number of aromatic nitrogens is 5. The maximum Gasteiger partial charge on any atom is 0.490 e. The van der Waals surface area contributed by atoms with E-state index in [2.05, 4.69) is 30.9 Å². The Kier molecular flexibility index (Phi) is 9.50. The molecule has 2 rings (SSSR count). The molecule has 0 bridgehead atoms. The molecule has 0 spiro atoms. The molecule has 0 amide bonds. The minimum Gasteiger partial charge on any atom is -0.481 e. The Morgan fingerprint density at radius 3 is 2.22 bits per heavy atom. The number of carboxylic acid groups (broad SMARTS) is 2. The molecule has 6 N–H and O–H groups in total. The molecule has 0 unspecified atom stereocenters. The van der Waals surface area contributed by atoms with Gasteiger partial charge in [0.1, 0.15) is 5.82 Å². The van der Waals surface area contributed by atoms with Crippen molar-refractivity contribution in [3.63, 3.8) is 0 Å². The average Bonchev–Trinajstić information content (AvgIpc) is 3.20. The van der Waals surface area contributed by atoms with Crippen molar-refractivity contribution in [2.24, 2.45) is 17.1 Å². The first-order chi connectivity index (χ1) is 14.8. The second-order valence-corrected chi connectivity index (χ2v) is 7.85. The Morgan fingerprint density at radius 1 is 1.22 bits per heavy atom. The highest BCUT2D eigenvalue weighted by Crippen LogP contribution is 2.38. The van der Waals surface area contributed by atoms with Crippen molar-refractivity contribution in [3.05, 3.63) is 29.7 Å². The summed E-state index contributed by atoms with van der Waals surface area (Å²) in [6, 6.07) is 3.78. The number of H-pyrrole nitrogens is 1. The van der Waals surface area contributed by atoms with E-state index in [9.17, 15) is 23.1 Å². The van der Waals surface area contributed by atoms with Crippen molar-refractivity contribution in [1.82, 2.24) is 25.6 Å². The summed E-state index contributed by atoms with van der Waals surface area (Å²) in [5.74, 6) is -3.48. The number of carbonyl (C=O) groups is 2. The molecule has 2 heterocycles. The van der Waals surface area contributed by atoms with Gasteiger partial charge in [-0.15, -0.1) is 5.10 Å². The molecule has 0 aromatic carbocycles. The number of nitrogens with zero attached hydrogens (tertiary/aromatic N) is 4. The number of nitrogens with one attached hydrogen (secondary N) is 2. The van der Waals surface area contributed by atoms with E-state index in [1.165, 1.54) is 0 Å². The number of anilines is 1. The van der Waals surface area contributed by atoms with Gasteiger partial charge in [0.15, 0.2) is 5.82 Å². The molecule has 32 heavy (non-hydrogen) atoms. The summed E-state index contributed by atoms with van der Waals surface area (Å²) in [7, 11) is 0. The third-order valence-electron chi connectivity index (χ3n) is 4.29. The lowest BCUT2D eigenvalue weighted by Crippen LogP contribution is -2.35. The van der Waals surface area contributed by atoms with Gasteiger partial charge in [0, 0.05) is 25.2 Å². The molecular weight excluding hydrogens is 435 g/mol. The van der Waals surface area contributed by atoms with Crippen LogP contribution in [0.15, 0.2) is 18.3 Å². The number of nitrogens with two attached hydrogens (primary N) is 1. The quantitative estimate of drug-likeness (QED) is 0.388. The van der Waals surface area contributed by atoms with Crippen LogP contribution in [0, 0.1) is 11.3 Å². The third-order valence-corrected chi connectivity index (χ3v) is 4.29. The second-order valence-electron chi connectivity index (χ2n) is 7.85. The summed E-state index contributed by atoms with van der Waals surface area (Å²) in [6.45, 7) is 6.88. The van der Waals surface area contributed by atoms with Gasteiger partial charge < -0.3 is 21.3 Å². The van der Waals surface area contributed by atoms with Gasteiger partial charge in [-0.1, -0.05) is 26.8 Å². The monoisotopic (exact) mass is 461 g/mol. The molecule has 2 aromatic heterocycles. The number of halogens is 3. The number of hydrogen-bond acceptors (Lipinski definition) is 8. The lowest BCUT2D eigenvalue weighted by atomic mass is 9.71. The normalized spacial score (nSPS) is 13.5. The fraction of sp³-hybridized carbons (Fsp3) is 0.556. The zero-order chi connectivity index (χ0) is 24.5. The van der Waals surface area contributed by atoms with Gasteiger partial charge in [-0.2, -0.15) is 13.2 Å². The fourth-order valence-electron chi connectivity index (χ4n) is 2.95. The fourth-order valence-corrected chi connectivity index (χ4v) is 2.95. The number of alkyl halides is 3. The first kappa shape index (κ1) is 26.7. The molecular formula is C18H26F3N7O4. The van der Waals surface area contributed by atoms with Gasteiger partial charge in [0.25, 0.3) is 0 Å². The Balaban J connectivity index is 0.000000633. The van der Waals surface area contributed by atoms with Crippen LogP contribution >= 0.6 is 0 Å². The largest absolute Gasteiger partial charge is 0.490 e. The molecule has 0 saturated heterocycles. The van der Waals surface area contributed by atoms with E-state index in [1.807, 2.05) is 32.9 Å². The number of rotatable bonds is 8. The molecule has 0 saturated carbocycles. The van der Waals surface area contributed by atoms with Crippen molar-refractivity contribution < 1.29 is 33.0 Å². The van der Waals surface area contributed by atoms with Gasteiger partial charge in [-0.25, -0.2) is 14.9 Å². The molecule has 0 aliphatic carbocycles. The highest BCUT2D eigenvalue weighted by molar-refractivity contribution is 5.73. The third kappa shape index (κ3) is 8.45. The van der Waals surface area contributed by atoms with Gasteiger partial charge in [-0.3, -0.25) is 4.79 Å². The van der Waals surface area contributed by atoms with Crippen molar-refractivity contribution >= 4 is 17.8 Å². The van der Waals surface area contributed by atoms with Crippen LogP contribution in [-0.2, 0) is 16.0 Å². The van der Waals surface area contributed by atoms with Crippen LogP contribution in [-0.4, -0.2) is 67.0 Å². The van der Waals surface area contributed by atoms with Crippen molar-refractivity contribution in [2.45, 2.75) is 39.3 Å². The topological polar surface area (TPSA) is 180 Å². The smallest absolute Gasteiger partial charge is 0.481 e. The van der Waals surface area contributed by atoms with Crippen LogP contribution in [0.3, 0.4) is 0 Å². The number of pyridine rings is 1. The van der Waals surface area contributed by atoms with Crippen molar-refractivity contribution in [3.8, 4) is 0 Å². The summed E-state index contributed by atoms with van der Waals surface area (Å²) in [6.07, 6.45) is -2.88. The summed E-state index contributed by atoms with van der Waals surface area (Å²) in [4.78, 5) is 25.2. The minimum absolute atomic E-state index is 0.392. The number of carboxylic acids is 2.